The molecule has 0 N–H and O–H groups in total. The molecule has 0 nitrogen and oxygen atoms in total. The van der Waals surface area contributed by atoms with Crippen molar-refractivity contribution in [3.05, 3.63) is 0 Å². The van der Waals surface area contributed by atoms with E-state index < -0.39 is 0 Å². The fraction of sp³-hybridized carbons (Fsp3) is 1.00. The Balaban J connectivity index is 0. The Morgan fingerprint density at radius 2 is 1.38 bits per heavy atom. The van der Waals surface area contributed by atoms with Gasteiger partial charge in [0, 0.05) is 0 Å². The third kappa shape index (κ3) is 10.2. The maximum atomic E-state index is 4.89. The van der Waals surface area contributed by atoms with Gasteiger partial charge in [0.1, 0.15) is 0 Å². The van der Waals surface area contributed by atoms with Crippen LogP contribution in [0.2, 0.25) is 0 Å². The molecular formula is C5H10CoS2. The van der Waals surface area contributed by atoms with Crippen molar-refractivity contribution in [3.63, 3.8) is 0 Å². The molecule has 0 heterocycles. The summed E-state index contributed by atoms with van der Waals surface area (Å²) in [6.45, 7) is 4.02. The van der Waals surface area contributed by atoms with Gasteiger partial charge in [0.15, 0.2) is 0 Å². The second-order valence-electron chi connectivity index (χ2n) is 1.86. The predicted molar refractivity (Wildman–Crippen MR) is 38.3 cm³/mol. The first-order chi connectivity index (χ1) is 3.13. The van der Waals surface area contributed by atoms with Crippen LogP contribution in [0.5, 0.6) is 0 Å². The zero-order chi connectivity index (χ0) is 5.86. The molecule has 0 spiro atoms. The fourth-order valence-electron chi connectivity index (χ4n) is 0.467. The van der Waals surface area contributed by atoms with E-state index in [1.54, 1.807) is 0 Å². The standard InChI is InChI=1S/C5H12S2.Co/c1-4(6)3-5(2)7;/h4-7H,3H2,1-2H3;/q;+2/p-2. The van der Waals surface area contributed by atoms with Crippen molar-refractivity contribution in [2.45, 2.75) is 30.8 Å². The van der Waals surface area contributed by atoms with Crippen molar-refractivity contribution >= 4 is 25.3 Å². The van der Waals surface area contributed by atoms with E-state index >= 15 is 0 Å². The molecule has 0 aliphatic rings. The topological polar surface area (TPSA) is 0 Å². The Morgan fingerprint density at radius 1 is 1.12 bits per heavy atom. The Bertz CT molecular complexity index is 39.7. The first-order valence-corrected chi connectivity index (χ1v) is 3.39. The summed E-state index contributed by atoms with van der Waals surface area (Å²) in [6, 6.07) is 0. The van der Waals surface area contributed by atoms with Gasteiger partial charge in [-0.15, -0.1) is 0 Å². The van der Waals surface area contributed by atoms with Gasteiger partial charge in [-0.2, -0.15) is 10.5 Å². The van der Waals surface area contributed by atoms with Crippen LogP contribution in [-0.2, 0) is 42.0 Å². The molecule has 0 rings (SSSR count). The molecule has 51 valence electrons. The van der Waals surface area contributed by atoms with Crippen LogP contribution in [0.4, 0.5) is 0 Å². The van der Waals surface area contributed by atoms with Gasteiger partial charge in [0.2, 0.25) is 0 Å². The van der Waals surface area contributed by atoms with Gasteiger partial charge in [0.05, 0.1) is 0 Å². The quantitative estimate of drug-likeness (QED) is 0.605. The zero-order valence-corrected chi connectivity index (χ0v) is 7.69. The van der Waals surface area contributed by atoms with Crippen molar-refractivity contribution < 1.29 is 16.8 Å². The molecule has 2 unspecified atom stereocenters. The Labute approximate surface area is 72.8 Å². The molecule has 3 heteroatoms. The van der Waals surface area contributed by atoms with E-state index in [1.807, 2.05) is 13.8 Å². The van der Waals surface area contributed by atoms with Crippen LogP contribution in [0.1, 0.15) is 20.3 Å². The molecule has 0 aromatic heterocycles. The second kappa shape index (κ2) is 6.33. The monoisotopic (exact) mass is 193 g/mol. The van der Waals surface area contributed by atoms with Crippen LogP contribution < -0.4 is 0 Å². The summed E-state index contributed by atoms with van der Waals surface area (Å²) in [5.74, 6) is 0. The van der Waals surface area contributed by atoms with E-state index in [4.69, 9.17) is 25.3 Å². The van der Waals surface area contributed by atoms with Crippen LogP contribution in [0.25, 0.3) is 0 Å². The summed E-state index contributed by atoms with van der Waals surface area (Å²) < 4.78 is 0. The van der Waals surface area contributed by atoms with Crippen molar-refractivity contribution in [1.82, 2.24) is 0 Å². The molecule has 0 aliphatic carbocycles. The van der Waals surface area contributed by atoms with E-state index in [2.05, 4.69) is 0 Å². The fourth-order valence-corrected chi connectivity index (χ4v) is 1.17. The van der Waals surface area contributed by atoms with Gasteiger partial charge in [-0.1, -0.05) is 20.3 Å². The first-order valence-electron chi connectivity index (χ1n) is 2.44. The second-order valence-corrected chi connectivity index (χ2v) is 3.47. The average molecular weight is 193 g/mol. The summed E-state index contributed by atoms with van der Waals surface area (Å²) in [5, 5.41) is 0.708. The number of hydrogen-bond donors (Lipinski definition) is 0. The minimum Gasteiger partial charge on any atom is -0.790 e. The van der Waals surface area contributed by atoms with Gasteiger partial charge in [-0.05, 0) is 0 Å². The molecule has 0 aromatic carbocycles. The van der Waals surface area contributed by atoms with E-state index in [0.29, 0.717) is 10.5 Å². The zero-order valence-electron chi connectivity index (χ0n) is 5.01. The minimum absolute atomic E-state index is 0. The maximum Gasteiger partial charge on any atom is 2.00 e. The van der Waals surface area contributed by atoms with Gasteiger partial charge in [0.25, 0.3) is 0 Å². The predicted octanol–water partition coefficient (Wildman–Crippen LogP) is 1.24. The van der Waals surface area contributed by atoms with E-state index in [9.17, 15) is 0 Å². The summed E-state index contributed by atoms with van der Waals surface area (Å²) in [4.78, 5) is 0. The molecule has 1 radical (unpaired) electrons. The van der Waals surface area contributed by atoms with Gasteiger partial charge >= 0.3 is 16.8 Å². The van der Waals surface area contributed by atoms with Gasteiger partial charge in [-0.25, -0.2) is 0 Å². The smallest absolute Gasteiger partial charge is 0.790 e. The van der Waals surface area contributed by atoms with Crippen molar-refractivity contribution in [3.8, 4) is 0 Å². The molecule has 0 aliphatic heterocycles. The minimum atomic E-state index is 0. The molecule has 0 saturated carbocycles. The largest absolute Gasteiger partial charge is 2.00 e. The SMILES string of the molecule is CC([S-])CC(C)[S-].[Co+2]. The van der Waals surface area contributed by atoms with E-state index in [0.717, 1.165) is 6.42 Å². The van der Waals surface area contributed by atoms with Crippen LogP contribution >= 0.6 is 0 Å². The molecule has 0 bridgehead atoms. The van der Waals surface area contributed by atoms with Crippen LogP contribution in [0, 0.1) is 0 Å². The Morgan fingerprint density at radius 3 is 1.38 bits per heavy atom. The molecule has 2 atom stereocenters. The van der Waals surface area contributed by atoms with Crippen LogP contribution in [0.3, 0.4) is 0 Å². The van der Waals surface area contributed by atoms with E-state index in [1.165, 1.54) is 0 Å². The molecule has 0 fully saturated rings. The summed E-state index contributed by atoms with van der Waals surface area (Å²) in [5.41, 5.74) is 0. The number of rotatable bonds is 2. The molecule has 0 aromatic rings. The first kappa shape index (κ1) is 11.9. The third-order valence-electron chi connectivity index (χ3n) is 0.664. The third-order valence-corrected chi connectivity index (χ3v) is 1.05. The van der Waals surface area contributed by atoms with Crippen molar-refractivity contribution in [2.75, 3.05) is 0 Å². The molecular weight excluding hydrogens is 183 g/mol. The Kier molecular flexibility index (Phi) is 9.44. The summed E-state index contributed by atoms with van der Waals surface area (Å²) in [7, 11) is 0. The van der Waals surface area contributed by atoms with Crippen molar-refractivity contribution in [2.24, 2.45) is 0 Å². The van der Waals surface area contributed by atoms with Gasteiger partial charge < -0.3 is 25.3 Å². The van der Waals surface area contributed by atoms with Gasteiger partial charge in [-0.3, -0.25) is 0 Å². The average Bonchev–Trinajstić information content (AvgIpc) is 1.27. The van der Waals surface area contributed by atoms with Crippen LogP contribution in [0.15, 0.2) is 0 Å². The van der Waals surface area contributed by atoms with E-state index in [-0.39, 0.29) is 16.8 Å². The van der Waals surface area contributed by atoms with Crippen LogP contribution in [-0.4, -0.2) is 10.5 Å². The summed E-state index contributed by atoms with van der Waals surface area (Å²) in [6.07, 6.45) is 0.991. The Hall–Kier alpha value is 1.21. The number of hydrogen-bond acceptors (Lipinski definition) is 2. The normalized spacial score (nSPS) is 16.5. The maximum absolute atomic E-state index is 4.89. The van der Waals surface area contributed by atoms with Crippen molar-refractivity contribution in [1.29, 1.82) is 0 Å². The molecule has 8 heavy (non-hydrogen) atoms. The molecule has 0 saturated heterocycles. The summed E-state index contributed by atoms with van der Waals surface area (Å²) >= 11 is 9.78. The molecule has 0 amide bonds.